The van der Waals surface area contributed by atoms with Crippen molar-refractivity contribution in [3.63, 3.8) is 0 Å². The minimum Gasteiger partial charge on any atom is -0.227 e. The van der Waals surface area contributed by atoms with E-state index in [0.717, 1.165) is 0 Å². The molecule has 0 spiro atoms. The van der Waals surface area contributed by atoms with E-state index < -0.39 is 64.3 Å². The molecule has 0 bridgehead atoms. The van der Waals surface area contributed by atoms with E-state index in [1.807, 2.05) is 0 Å². The summed E-state index contributed by atoms with van der Waals surface area (Å²) >= 11 is 0. The second-order valence-corrected chi connectivity index (χ2v) is 8.02. The van der Waals surface area contributed by atoms with Gasteiger partial charge in [-0.05, 0) is 12.8 Å². The quantitative estimate of drug-likeness (QED) is 0.521. The minimum atomic E-state index is -5.95. The summed E-state index contributed by atoms with van der Waals surface area (Å²) in [7, 11) is -4.89. The molecular weight excluding hydrogens is 386 g/mol. The van der Waals surface area contributed by atoms with Gasteiger partial charge in [-0.1, -0.05) is 19.8 Å². The zero-order valence-electron chi connectivity index (χ0n) is 13.1. The monoisotopic (exact) mass is 403 g/mol. The molecule has 12 heteroatoms. The number of hydrogen-bond acceptors (Lipinski definition) is 3. The Morgan fingerprint density at radius 2 is 1.40 bits per heavy atom. The standard InChI is InChI=1S/C13H17F8NO2S/c1-2-3-4-10(9-22,5-6-11(14,15)13(19,20)21)25(23,24)8-7-12(16,17)18/h2-8H2,1H3. The summed E-state index contributed by atoms with van der Waals surface area (Å²) in [6.07, 6.45) is -16.4. The highest BCUT2D eigenvalue weighted by Crippen LogP contribution is 2.42. The first-order valence-corrected chi connectivity index (χ1v) is 8.84. The van der Waals surface area contributed by atoms with Gasteiger partial charge in [-0.25, -0.2) is 8.42 Å². The fourth-order valence-corrected chi connectivity index (χ4v) is 3.92. The smallest absolute Gasteiger partial charge is 0.227 e. The summed E-state index contributed by atoms with van der Waals surface area (Å²) < 4.78 is 121. The van der Waals surface area contributed by atoms with Gasteiger partial charge >= 0.3 is 18.3 Å². The molecule has 0 aliphatic rings. The topological polar surface area (TPSA) is 57.9 Å². The Morgan fingerprint density at radius 3 is 1.76 bits per heavy atom. The highest BCUT2D eigenvalue weighted by Gasteiger charge is 2.58. The fourth-order valence-electron chi connectivity index (χ4n) is 2.03. The maximum atomic E-state index is 13.1. The number of alkyl halides is 8. The van der Waals surface area contributed by atoms with Gasteiger partial charge < -0.3 is 0 Å². The molecule has 0 heterocycles. The van der Waals surface area contributed by atoms with Crippen LogP contribution in [0.15, 0.2) is 0 Å². The lowest BCUT2D eigenvalue weighted by molar-refractivity contribution is -0.284. The van der Waals surface area contributed by atoms with Gasteiger partial charge in [0.15, 0.2) is 14.6 Å². The van der Waals surface area contributed by atoms with Crippen molar-refractivity contribution < 1.29 is 43.5 Å². The predicted octanol–water partition coefficient (Wildman–Crippen LogP) is 4.78. The van der Waals surface area contributed by atoms with E-state index in [1.165, 1.54) is 13.0 Å². The maximum Gasteiger partial charge on any atom is 0.453 e. The van der Waals surface area contributed by atoms with Crippen LogP contribution in [0.4, 0.5) is 35.1 Å². The van der Waals surface area contributed by atoms with Crippen LogP contribution >= 0.6 is 0 Å². The Kier molecular flexibility index (Phi) is 7.69. The van der Waals surface area contributed by atoms with Gasteiger partial charge in [0.2, 0.25) is 0 Å². The maximum absolute atomic E-state index is 13.1. The van der Waals surface area contributed by atoms with E-state index in [4.69, 9.17) is 5.26 Å². The van der Waals surface area contributed by atoms with Crippen molar-refractivity contribution in [1.29, 1.82) is 5.26 Å². The largest absolute Gasteiger partial charge is 0.453 e. The van der Waals surface area contributed by atoms with Crippen LogP contribution in [0.2, 0.25) is 0 Å². The van der Waals surface area contributed by atoms with Crippen LogP contribution in [0, 0.1) is 11.3 Å². The van der Waals surface area contributed by atoms with Gasteiger partial charge in [0.25, 0.3) is 0 Å². The third-order valence-corrected chi connectivity index (χ3v) is 6.08. The van der Waals surface area contributed by atoms with Crippen LogP contribution in [0.25, 0.3) is 0 Å². The molecule has 0 fully saturated rings. The van der Waals surface area contributed by atoms with Crippen molar-refractivity contribution in [3.05, 3.63) is 0 Å². The second kappa shape index (κ2) is 8.05. The van der Waals surface area contributed by atoms with Gasteiger partial charge in [-0.15, -0.1) is 0 Å². The molecule has 3 nitrogen and oxygen atoms in total. The Balaban J connectivity index is 5.63. The number of nitrogens with zero attached hydrogens (tertiary/aromatic N) is 1. The molecule has 0 aromatic heterocycles. The number of rotatable bonds is 9. The van der Waals surface area contributed by atoms with Gasteiger partial charge in [-0.2, -0.15) is 40.4 Å². The molecule has 0 N–H and O–H groups in total. The Morgan fingerprint density at radius 1 is 0.880 bits per heavy atom. The third kappa shape index (κ3) is 6.60. The lowest BCUT2D eigenvalue weighted by Gasteiger charge is -2.29. The summed E-state index contributed by atoms with van der Waals surface area (Å²) in [6, 6.07) is 1.19. The lowest BCUT2D eigenvalue weighted by Crippen LogP contribution is -2.44. The van der Waals surface area contributed by atoms with E-state index in [-0.39, 0.29) is 12.8 Å². The molecule has 1 unspecified atom stereocenters. The summed E-state index contributed by atoms with van der Waals surface area (Å²) in [5, 5.41) is 9.13. The minimum absolute atomic E-state index is 0.0314. The zero-order valence-corrected chi connectivity index (χ0v) is 14.0. The van der Waals surface area contributed by atoms with Crippen molar-refractivity contribution >= 4 is 9.84 Å². The van der Waals surface area contributed by atoms with Crippen LogP contribution in [-0.2, 0) is 9.84 Å². The van der Waals surface area contributed by atoms with Crippen LogP contribution in [0.3, 0.4) is 0 Å². The second-order valence-electron chi connectivity index (χ2n) is 5.60. The van der Waals surface area contributed by atoms with Crippen molar-refractivity contribution in [2.24, 2.45) is 0 Å². The molecule has 0 aliphatic heterocycles. The Hall–Kier alpha value is -1.12. The van der Waals surface area contributed by atoms with Crippen LogP contribution in [0.5, 0.6) is 0 Å². The number of sulfone groups is 1. The molecule has 1 atom stereocenters. The number of hydrogen-bond donors (Lipinski definition) is 0. The summed E-state index contributed by atoms with van der Waals surface area (Å²) in [5.74, 6) is -6.80. The van der Waals surface area contributed by atoms with Gasteiger partial charge in [0, 0.05) is 6.42 Å². The highest BCUT2D eigenvalue weighted by molar-refractivity contribution is 7.93. The molecule has 0 saturated carbocycles. The fraction of sp³-hybridized carbons (Fsp3) is 0.923. The number of halogens is 8. The van der Waals surface area contributed by atoms with Gasteiger partial charge in [0.1, 0.15) is 0 Å². The van der Waals surface area contributed by atoms with Crippen LogP contribution < -0.4 is 0 Å². The average molecular weight is 403 g/mol. The molecule has 0 rings (SSSR count). The molecule has 0 amide bonds. The molecule has 0 aromatic carbocycles. The number of nitriles is 1. The predicted molar refractivity (Wildman–Crippen MR) is 72.6 cm³/mol. The van der Waals surface area contributed by atoms with Crippen molar-refractivity contribution in [1.82, 2.24) is 0 Å². The van der Waals surface area contributed by atoms with E-state index >= 15 is 0 Å². The van der Waals surface area contributed by atoms with Gasteiger partial charge in [0.05, 0.1) is 18.2 Å². The summed E-state index contributed by atoms with van der Waals surface area (Å²) in [5.41, 5.74) is 0. The molecule has 0 saturated heterocycles. The van der Waals surface area contributed by atoms with Crippen molar-refractivity contribution in [2.45, 2.75) is 68.5 Å². The first-order chi connectivity index (χ1) is 11.0. The van der Waals surface area contributed by atoms with Crippen LogP contribution in [0.1, 0.15) is 45.4 Å². The van der Waals surface area contributed by atoms with Crippen LogP contribution in [-0.4, -0.2) is 37.2 Å². The Bertz CT molecular complexity index is 576. The zero-order chi connectivity index (χ0) is 20.2. The molecule has 0 aliphatic carbocycles. The first-order valence-electron chi connectivity index (χ1n) is 7.18. The molecular formula is C13H17F8NO2S. The molecule has 0 aromatic rings. The third-order valence-electron chi connectivity index (χ3n) is 3.65. The summed E-state index contributed by atoms with van der Waals surface area (Å²) in [4.78, 5) is 0. The SMILES string of the molecule is CCCCC(C#N)(CCC(F)(F)C(F)(F)F)S(=O)(=O)CCC(F)(F)F. The molecule has 0 radical (unpaired) electrons. The van der Waals surface area contributed by atoms with Crippen molar-refractivity contribution in [2.75, 3.05) is 5.75 Å². The molecule has 25 heavy (non-hydrogen) atoms. The normalized spacial score (nSPS) is 16.3. The van der Waals surface area contributed by atoms with E-state index in [2.05, 4.69) is 0 Å². The van der Waals surface area contributed by atoms with Crippen molar-refractivity contribution in [3.8, 4) is 6.07 Å². The lowest BCUT2D eigenvalue weighted by atomic mass is 9.95. The van der Waals surface area contributed by atoms with E-state index in [0.29, 0.717) is 0 Å². The number of unbranched alkanes of at least 4 members (excludes halogenated alkanes) is 1. The summed E-state index contributed by atoms with van der Waals surface area (Å²) in [6.45, 7) is 1.54. The highest BCUT2D eigenvalue weighted by atomic mass is 32.2. The molecule has 148 valence electrons. The van der Waals surface area contributed by atoms with E-state index in [9.17, 15) is 43.5 Å². The van der Waals surface area contributed by atoms with Gasteiger partial charge in [-0.3, -0.25) is 0 Å². The van der Waals surface area contributed by atoms with E-state index in [1.54, 1.807) is 0 Å². The average Bonchev–Trinajstić information content (AvgIpc) is 2.44. The Labute approximate surface area is 139 Å². The first kappa shape index (κ1) is 23.9.